The molecule has 0 spiro atoms. The molecule has 0 aliphatic carbocycles. The molecule has 0 unspecified atom stereocenters. The highest BCUT2D eigenvalue weighted by Gasteiger charge is 2.11. The zero-order chi connectivity index (χ0) is 18.1. The molecule has 5 nitrogen and oxygen atoms in total. The van der Waals surface area contributed by atoms with Gasteiger partial charge >= 0.3 is 0 Å². The maximum Gasteiger partial charge on any atom is 0.191 e. The average Bonchev–Trinajstić information content (AvgIpc) is 3.02. The number of aromatic nitrogens is 4. The van der Waals surface area contributed by atoms with Gasteiger partial charge in [0, 0.05) is 41.0 Å². The van der Waals surface area contributed by atoms with Crippen molar-refractivity contribution >= 4 is 22.7 Å². The van der Waals surface area contributed by atoms with Crippen LogP contribution >= 0.6 is 11.8 Å². The zero-order valence-corrected chi connectivity index (χ0v) is 15.4. The number of rotatable bonds is 4. The Bertz CT molecular complexity index is 1130. The third kappa shape index (κ3) is 3.15. The Morgan fingerprint density at radius 2 is 1.88 bits per heavy atom. The third-order valence-corrected chi connectivity index (χ3v) is 5.33. The topological polar surface area (TPSA) is 63.6 Å². The maximum atomic E-state index is 12.4. The number of aromatic amines is 1. The lowest BCUT2D eigenvalue weighted by atomic mass is 10.1. The van der Waals surface area contributed by atoms with Crippen molar-refractivity contribution in [1.82, 2.24) is 19.7 Å². The number of thioether (sulfide) groups is 1. The van der Waals surface area contributed by atoms with Crippen LogP contribution < -0.4 is 5.43 Å². The standard InChI is InChI=1S/C20H18N4OS/c1-13-8-9-17-16(10-13)18(25)11-15(21-17)12-26-20-23-22-19(24(20)2)14-6-4-3-5-7-14/h3-11H,12H2,1-2H3,(H,21,25). The molecule has 2 heterocycles. The van der Waals surface area contributed by atoms with Gasteiger partial charge in [-0.15, -0.1) is 10.2 Å². The Balaban J connectivity index is 1.58. The van der Waals surface area contributed by atoms with Crippen LogP contribution in [0.4, 0.5) is 0 Å². The average molecular weight is 362 g/mol. The number of hydrogen-bond acceptors (Lipinski definition) is 4. The lowest BCUT2D eigenvalue weighted by Crippen LogP contribution is -2.05. The minimum atomic E-state index is 0.0426. The second kappa shape index (κ2) is 6.80. The molecule has 0 amide bonds. The van der Waals surface area contributed by atoms with Crippen molar-refractivity contribution in [2.45, 2.75) is 17.8 Å². The first-order valence-electron chi connectivity index (χ1n) is 8.32. The fraction of sp³-hybridized carbons (Fsp3) is 0.150. The first kappa shape index (κ1) is 16.6. The van der Waals surface area contributed by atoms with Crippen molar-refractivity contribution < 1.29 is 0 Å². The minimum Gasteiger partial charge on any atom is -0.357 e. The quantitative estimate of drug-likeness (QED) is 0.559. The third-order valence-electron chi connectivity index (χ3n) is 4.26. The van der Waals surface area contributed by atoms with Gasteiger partial charge in [-0.1, -0.05) is 53.7 Å². The fourth-order valence-corrected chi connectivity index (χ4v) is 3.73. The van der Waals surface area contributed by atoms with Crippen molar-refractivity contribution in [3.63, 3.8) is 0 Å². The van der Waals surface area contributed by atoms with Crippen LogP contribution in [0.5, 0.6) is 0 Å². The van der Waals surface area contributed by atoms with E-state index in [-0.39, 0.29) is 5.43 Å². The summed E-state index contributed by atoms with van der Waals surface area (Å²) in [4.78, 5) is 15.7. The fourth-order valence-electron chi connectivity index (χ4n) is 2.92. The smallest absolute Gasteiger partial charge is 0.191 e. The van der Waals surface area contributed by atoms with E-state index in [4.69, 9.17) is 0 Å². The summed E-state index contributed by atoms with van der Waals surface area (Å²) in [5, 5.41) is 10.1. The molecule has 26 heavy (non-hydrogen) atoms. The SMILES string of the molecule is Cc1ccc2[nH]c(CSc3nnc(-c4ccccc4)n3C)cc(=O)c2c1. The molecule has 0 saturated heterocycles. The molecule has 130 valence electrons. The highest BCUT2D eigenvalue weighted by atomic mass is 32.2. The maximum absolute atomic E-state index is 12.4. The van der Waals surface area contributed by atoms with Crippen LogP contribution in [0.2, 0.25) is 0 Å². The molecule has 4 rings (SSSR count). The van der Waals surface area contributed by atoms with E-state index in [9.17, 15) is 4.79 Å². The number of pyridine rings is 1. The number of nitrogens with zero attached hydrogens (tertiary/aromatic N) is 3. The molecular weight excluding hydrogens is 344 g/mol. The molecule has 0 fully saturated rings. The monoisotopic (exact) mass is 362 g/mol. The summed E-state index contributed by atoms with van der Waals surface area (Å²) in [7, 11) is 1.95. The summed E-state index contributed by atoms with van der Waals surface area (Å²) in [5.74, 6) is 1.45. The summed E-state index contributed by atoms with van der Waals surface area (Å²) >= 11 is 1.56. The first-order valence-corrected chi connectivity index (χ1v) is 9.30. The molecule has 2 aromatic carbocycles. The zero-order valence-electron chi connectivity index (χ0n) is 14.6. The molecule has 0 aliphatic heterocycles. The molecule has 0 saturated carbocycles. The highest BCUT2D eigenvalue weighted by molar-refractivity contribution is 7.98. The van der Waals surface area contributed by atoms with Crippen molar-refractivity contribution in [3.8, 4) is 11.4 Å². The van der Waals surface area contributed by atoms with Crippen molar-refractivity contribution in [3.05, 3.63) is 76.1 Å². The van der Waals surface area contributed by atoms with Crippen LogP contribution in [0.3, 0.4) is 0 Å². The van der Waals surface area contributed by atoms with Gasteiger partial charge in [0.15, 0.2) is 16.4 Å². The summed E-state index contributed by atoms with van der Waals surface area (Å²) in [5.41, 5.74) is 3.89. The van der Waals surface area contributed by atoms with Crippen LogP contribution in [0.1, 0.15) is 11.3 Å². The van der Waals surface area contributed by atoms with E-state index in [1.807, 2.05) is 67.1 Å². The second-order valence-electron chi connectivity index (χ2n) is 6.23. The van der Waals surface area contributed by atoms with Gasteiger partial charge in [0.2, 0.25) is 0 Å². The summed E-state index contributed by atoms with van der Waals surface area (Å²) in [6.45, 7) is 1.99. The Kier molecular flexibility index (Phi) is 4.34. The van der Waals surface area contributed by atoms with Gasteiger partial charge in [-0.05, 0) is 19.1 Å². The van der Waals surface area contributed by atoms with Crippen molar-refractivity contribution in [1.29, 1.82) is 0 Å². The molecule has 0 radical (unpaired) electrons. The van der Waals surface area contributed by atoms with Gasteiger partial charge in [-0.2, -0.15) is 0 Å². The van der Waals surface area contributed by atoms with Gasteiger partial charge in [0.1, 0.15) is 0 Å². The Morgan fingerprint density at radius 1 is 1.08 bits per heavy atom. The molecule has 2 aromatic heterocycles. The van der Waals surface area contributed by atoms with Gasteiger partial charge in [-0.3, -0.25) is 4.79 Å². The molecular formula is C20H18N4OS. The minimum absolute atomic E-state index is 0.0426. The van der Waals surface area contributed by atoms with Crippen molar-refractivity contribution in [2.75, 3.05) is 0 Å². The van der Waals surface area contributed by atoms with Crippen molar-refractivity contribution in [2.24, 2.45) is 7.05 Å². The molecule has 6 heteroatoms. The van der Waals surface area contributed by atoms with E-state index in [1.54, 1.807) is 17.8 Å². The molecule has 4 aromatic rings. The molecule has 0 atom stereocenters. The Hall–Kier alpha value is -2.86. The normalized spacial score (nSPS) is 11.2. The number of aryl methyl sites for hydroxylation is 1. The number of hydrogen-bond donors (Lipinski definition) is 1. The van der Waals surface area contributed by atoms with E-state index >= 15 is 0 Å². The van der Waals surface area contributed by atoms with Gasteiger partial charge < -0.3 is 9.55 Å². The van der Waals surface area contributed by atoms with Gasteiger partial charge in [0.05, 0.1) is 0 Å². The number of nitrogens with one attached hydrogen (secondary N) is 1. The predicted octanol–water partition coefficient (Wildman–Crippen LogP) is 3.92. The van der Waals surface area contributed by atoms with E-state index in [0.29, 0.717) is 5.75 Å². The summed E-state index contributed by atoms with van der Waals surface area (Å²) in [6.07, 6.45) is 0. The van der Waals surface area contributed by atoms with Crippen LogP contribution in [0.25, 0.3) is 22.3 Å². The van der Waals surface area contributed by atoms with E-state index < -0.39 is 0 Å². The number of fused-ring (bicyclic) bond motifs is 1. The largest absolute Gasteiger partial charge is 0.357 e. The lowest BCUT2D eigenvalue weighted by molar-refractivity contribution is 0.793. The molecule has 1 N–H and O–H groups in total. The second-order valence-corrected chi connectivity index (χ2v) is 7.17. The lowest BCUT2D eigenvalue weighted by Gasteiger charge is -2.06. The van der Waals surface area contributed by atoms with Gasteiger partial charge in [-0.25, -0.2) is 0 Å². The first-order chi connectivity index (χ1) is 12.6. The van der Waals surface area contributed by atoms with E-state index in [2.05, 4.69) is 15.2 Å². The highest BCUT2D eigenvalue weighted by Crippen LogP contribution is 2.24. The van der Waals surface area contributed by atoms with Crippen LogP contribution in [0, 0.1) is 6.92 Å². The predicted molar refractivity (Wildman–Crippen MR) is 105 cm³/mol. The van der Waals surface area contributed by atoms with Crippen LogP contribution in [-0.4, -0.2) is 19.7 Å². The van der Waals surface area contributed by atoms with Crippen LogP contribution in [0.15, 0.2) is 64.5 Å². The van der Waals surface area contributed by atoms with Gasteiger partial charge in [0.25, 0.3) is 0 Å². The van der Waals surface area contributed by atoms with E-state index in [0.717, 1.165) is 38.7 Å². The summed E-state index contributed by atoms with van der Waals surface area (Å²) in [6, 6.07) is 17.5. The summed E-state index contributed by atoms with van der Waals surface area (Å²) < 4.78 is 1.97. The Morgan fingerprint density at radius 3 is 2.69 bits per heavy atom. The number of H-pyrrole nitrogens is 1. The molecule has 0 bridgehead atoms. The van der Waals surface area contributed by atoms with Crippen LogP contribution in [-0.2, 0) is 12.8 Å². The molecule has 0 aliphatic rings. The Labute approximate surface area is 155 Å². The number of benzene rings is 2. The van der Waals surface area contributed by atoms with E-state index in [1.165, 1.54) is 0 Å².